The predicted octanol–water partition coefficient (Wildman–Crippen LogP) is 3.50. The monoisotopic (exact) mass is 378 g/mol. The molecule has 2 aromatic heterocycles. The largest absolute Gasteiger partial charge is 0.416 e. The van der Waals surface area contributed by atoms with Gasteiger partial charge in [-0.25, -0.2) is 14.1 Å². The molecule has 0 atom stereocenters. The summed E-state index contributed by atoms with van der Waals surface area (Å²) in [5.41, 5.74) is -0.138. The van der Waals surface area contributed by atoms with Gasteiger partial charge in [-0.2, -0.15) is 13.2 Å². The topological polar surface area (TPSA) is 60.7 Å². The molecule has 3 aromatic rings. The van der Waals surface area contributed by atoms with Crippen molar-refractivity contribution in [1.82, 2.24) is 20.0 Å². The van der Waals surface area contributed by atoms with Crippen molar-refractivity contribution in [3.05, 3.63) is 71.2 Å². The first-order chi connectivity index (χ1) is 12.9. The van der Waals surface area contributed by atoms with Crippen LogP contribution in [0, 0.1) is 0 Å². The van der Waals surface area contributed by atoms with Crippen molar-refractivity contribution in [2.75, 3.05) is 0 Å². The molecule has 5 nitrogen and oxygen atoms in total. The van der Waals surface area contributed by atoms with Gasteiger partial charge in [0.15, 0.2) is 5.82 Å². The third kappa shape index (κ3) is 4.55. The fraction of sp³-hybridized carbons (Fsp3) is 0.222. The van der Waals surface area contributed by atoms with Gasteiger partial charge in [0.2, 0.25) is 0 Å². The Bertz CT molecular complexity index is 935. The highest BCUT2D eigenvalue weighted by molar-refractivity contribution is 5.83. The molecule has 0 aliphatic heterocycles. The highest BCUT2D eigenvalue weighted by Crippen LogP contribution is 2.32. The molecule has 0 unspecified atom stereocenters. The number of hydrogen-bond acceptors (Lipinski definition) is 4. The van der Waals surface area contributed by atoms with Crippen LogP contribution >= 0.6 is 0 Å². The first kappa shape index (κ1) is 18.7. The normalized spacial score (nSPS) is 11.6. The molecule has 0 aliphatic rings. The maximum absolute atomic E-state index is 13.0. The van der Waals surface area contributed by atoms with Gasteiger partial charge in [-0.05, 0) is 23.3 Å². The number of alkyl halides is 4. The second-order valence-corrected chi connectivity index (χ2v) is 5.86. The zero-order chi connectivity index (χ0) is 19.4. The molecule has 0 fully saturated rings. The van der Waals surface area contributed by atoms with Gasteiger partial charge in [-0.15, -0.1) is 5.10 Å². The standard InChI is InChI=1S/C18H14F4N4O/c19-9-14-11-26(25-24-14)17-6-5-12(10-23-17)7-15(27)8-13-3-1-2-4-16(13)18(20,21)22/h1-6,10-11H,7-9H2. The number of halogens is 4. The number of carbonyl (C=O) groups is 1. The van der Waals surface area contributed by atoms with Crippen molar-refractivity contribution < 1.29 is 22.4 Å². The van der Waals surface area contributed by atoms with Crippen LogP contribution in [0.25, 0.3) is 5.82 Å². The van der Waals surface area contributed by atoms with E-state index in [0.717, 1.165) is 6.07 Å². The molecular formula is C18H14F4N4O. The Morgan fingerprint density at radius 1 is 1.07 bits per heavy atom. The number of pyridine rings is 1. The fourth-order valence-electron chi connectivity index (χ4n) is 2.58. The highest BCUT2D eigenvalue weighted by atomic mass is 19.4. The summed E-state index contributed by atoms with van der Waals surface area (Å²) < 4.78 is 52.8. The van der Waals surface area contributed by atoms with E-state index in [1.165, 1.54) is 35.3 Å². The van der Waals surface area contributed by atoms with Crippen molar-refractivity contribution in [3.63, 3.8) is 0 Å². The van der Waals surface area contributed by atoms with Crippen LogP contribution in [0.2, 0.25) is 0 Å². The second-order valence-electron chi connectivity index (χ2n) is 5.86. The van der Waals surface area contributed by atoms with Crippen molar-refractivity contribution in [2.24, 2.45) is 0 Å². The molecule has 9 heteroatoms. The smallest absolute Gasteiger partial charge is 0.299 e. The number of aromatic nitrogens is 4. The van der Waals surface area contributed by atoms with Crippen molar-refractivity contribution >= 4 is 5.78 Å². The summed E-state index contributed by atoms with van der Waals surface area (Å²) in [6.07, 6.45) is -2.05. The zero-order valence-electron chi connectivity index (χ0n) is 13.9. The van der Waals surface area contributed by atoms with Crippen LogP contribution in [-0.2, 0) is 30.5 Å². The summed E-state index contributed by atoms with van der Waals surface area (Å²) in [6, 6.07) is 8.21. The minimum Gasteiger partial charge on any atom is -0.299 e. The molecule has 0 saturated heterocycles. The lowest BCUT2D eigenvalue weighted by atomic mass is 9.99. The maximum Gasteiger partial charge on any atom is 0.416 e. The fourth-order valence-corrected chi connectivity index (χ4v) is 2.58. The van der Waals surface area contributed by atoms with E-state index in [1.807, 2.05) is 0 Å². The summed E-state index contributed by atoms with van der Waals surface area (Å²) in [6.45, 7) is -0.744. The number of rotatable bonds is 6. The van der Waals surface area contributed by atoms with Crippen LogP contribution in [0.5, 0.6) is 0 Å². The van der Waals surface area contributed by atoms with E-state index in [1.54, 1.807) is 12.1 Å². The second kappa shape index (κ2) is 7.65. The van der Waals surface area contributed by atoms with Gasteiger partial charge in [-0.3, -0.25) is 4.79 Å². The number of nitrogens with zero attached hydrogens (tertiary/aromatic N) is 4. The lowest BCUT2D eigenvalue weighted by Gasteiger charge is -2.12. The van der Waals surface area contributed by atoms with Gasteiger partial charge in [-0.1, -0.05) is 29.5 Å². The first-order valence-corrected chi connectivity index (χ1v) is 7.96. The van der Waals surface area contributed by atoms with Gasteiger partial charge in [0, 0.05) is 19.0 Å². The molecule has 1 aromatic carbocycles. The average Bonchev–Trinajstić information content (AvgIpc) is 3.11. The lowest BCUT2D eigenvalue weighted by Crippen LogP contribution is -2.14. The number of hydrogen-bond donors (Lipinski definition) is 0. The summed E-state index contributed by atoms with van der Waals surface area (Å²) >= 11 is 0. The molecule has 0 radical (unpaired) electrons. The van der Waals surface area contributed by atoms with Crippen molar-refractivity contribution in [3.8, 4) is 5.82 Å². The Labute approximate surface area is 151 Å². The van der Waals surface area contributed by atoms with Crippen molar-refractivity contribution in [1.29, 1.82) is 0 Å². The summed E-state index contributed by atoms with van der Waals surface area (Å²) in [5, 5.41) is 7.34. The summed E-state index contributed by atoms with van der Waals surface area (Å²) in [5.74, 6) is 0.0301. The Morgan fingerprint density at radius 2 is 1.85 bits per heavy atom. The molecule has 0 saturated carbocycles. The quantitative estimate of drug-likeness (QED) is 0.616. The van der Waals surface area contributed by atoms with Gasteiger partial charge in [0.05, 0.1) is 11.8 Å². The Kier molecular flexibility index (Phi) is 5.29. The number of ketones is 1. The molecule has 27 heavy (non-hydrogen) atoms. The minimum atomic E-state index is -4.50. The van der Waals surface area contributed by atoms with Crippen LogP contribution < -0.4 is 0 Å². The zero-order valence-corrected chi connectivity index (χ0v) is 13.9. The van der Waals surface area contributed by atoms with E-state index >= 15 is 0 Å². The highest BCUT2D eigenvalue weighted by Gasteiger charge is 2.33. The Balaban J connectivity index is 1.68. The molecule has 0 amide bonds. The molecule has 0 aliphatic carbocycles. The van der Waals surface area contributed by atoms with Crippen LogP contribution in [-0.4, -0.2) is 25.8 Å². The van der Waals surface area contributed by atoms with E-state index in [9.17, 15) is 22.4 Å². The molecule has 2 heterocycles. The minimum absolute atomic E-state index is 0.0490. The van der Waals surface area contributed by atoms with E-state index in [-0.39, 0.29) is 29.9 Å². The summed E-state index contributed by atoms with van der Waals surface area (Å²) in [7, 11) is 0. The predicted molar refractivity (Wildman–Crippen MR) is 87.8 cm³/mol. The van der Waals surface area contributed by atoms with Crippen LogP contribution in [0.1, 0.15) is 22.4 Å². The lowest BCUT2D eigenvalue weighted by molar-refractivity contribution is -0.138. The molecule has 3 rings (SSSR count). The van der Waals surface area contributed by atoms with Crippen LogP contribution in [0.4, 0.5) is 17.6 Å². The van der Waals surface area contributed by atoms with Gasteiger partial charge in [0.1, 0.15) is 18.2 Å². The van der Waals surface area contributed by atoms with Gasteiger partial charge < -0.3 is 0 Å². The third-order valence-electron chi connectivity index (χ3n) is 3.83. The first-order valence-electron chi connectivity index (χ1n) is 7.96. The van der Waals surface area contributed by atoms with E-state index in [4.69, 9.17) is 0 Å². The van der Waals surface area contributed by atoms with E-state index in [0.29, 0.717) is 11.4 Å². The number of carbonyl (C=O) groups excluding carboxylic acids is 1. The van der Waals surface area contributed by atoms with Crippen LogP contribution in [0.3, 0.4) is 0 Å². The Hall–Kier alpha value is -3.10. The molecular weight excluding hydrogens is 364 g/mol. The van der Waals surface area contributed by atoms with Crippen LogP contribution in [0.15, 0.2) is 48.8 Å². The molecule has 0 N–H and O–H groups in total. The summed E-state index contributed by atoms with van der Waals surface area (Å²) in [4.78, 5) is 16.3. The average molecular weight is 378 g/mol. The Morgan fingerprint density at radius 3 is 2.48 bits per heavy atom. The van der Waals surface area contributed by atoms with Gasteiger partial charge >= 0.3 is 6.18 Å². The van der Waals surface area contributed by atoms with Crippen molar-refractivity contribution in [2.45, 2.75) is 25.7 Å². The molecule has 0 bridgehead atoms. The maximum atomic E-state index is 13.0. The third-order valence-corrected chi connectivity index (χ3v) is 3.83. The number of Topliss-reactive ketones (excluding diaryl/α,β-unsaturated/α-hetero) is 1. The molecule has 0 spiro atoms. The van der Waals surface area contributed by atoms with E-state index < -0.39 is 18.4 Å². The SMILES string of the molecule is O=C(Cc1ccc(-n2cc(CF)nn2)nc1)Cc1ccccc1C(F)(F)F. The van der Waals surface area contributed by atoms with E-state index in [2.05, 4.69) is 15.3 Å². The number of benzene rings is 1. The van der Waals surface area contributed by atoms with Gasteiger partial charge in [0.25, 0.3) is 0 Å². The molecule has 140 valence electrons.